The standard InChI is InChI=1S/C29H36N6O/c1-28(2,3)25-15-21(11-12-30-25)33-24-16-26(31-17-22(24)27(36)35-19-6-7-19)34-20-8-9-23-18(14-20)10-13-32-29(23,4)5/h8-9,11-12,14-17,19,32H,6-7,10,13H2,1-5H3,(H,35,36)(H2,30,31,33,34). The Balaban J connectivity index is 1.44. The summed E-state index contributed by atoms with van der Waals surface area (Å²) >= 11 is 0. The van der Waals surface area contributed by atoms with Gasteiger partial charge in [-0.15, -0.1) is 0 Å². The fourth-order valence-electron chi connectivity index (χ4n) is 4.61. The first kappa shape index (κ1) is 24.3. The van der Waals surface area contributed by atoms with Gasteiger partial charge in [0.25, 0.3) is 5.91 Å². The number of anilines is 4. The average molecular weight is 485 g/mol. The third kappa shape index (κ3) is 5.36. The number of hydrogen-bond donors (Lipinski definition) is 4. The fraction of sp³-hybridized carbons (Fsp3) is 0.414. The molecule has 1 amide bonds. The van der Waals surface area contributed by atoms with Gasteiger partial charge in [0.15, 0.2) is 0 Å². The summed E-state index contributed by atoms with van der Waals surface area (Å²) in [5.41, 5.74) is 6.65. The smallest absolute Gasteiger partial charge is 0.255 e. The maximum Gasteiger partial charge on any atom is 0.255 e. The average Bonchev–Trinajstić information content (AvgIpc) is 3.62. The summed E-state index contributed by atoms with van der Waals surface area (Å²) in [6, 6.07) is 12.6. The van der Waals surface area contributed by atoms with Crippen LogP contribution < -0.4 is 21.3 Å². The van der Waals surface area contributed by atoms with Gasteiger partial charge in [0.05, 0.1) is 11.3 Å². The largest absolute Gasteiger partial charge is 0.355 e. The molecular formula is C29H36N6O. The third-order valence-electron chi connectivity index (χ3n) is 6.88. The molecule has 188 valence electrons. The number of amides is 1. The van der Waals surface area contributed by atoms with Crippen LogP contribution in [0.3, 0.4) is 0 Å². The normalized spacial score (nSPS) is 16.7. The third-order valence-corrected chi connectivity index (χ3v) is 6.88. The Morgan fingerprint density at radius 1 is 1.03 bits per heavy atom. The van der Waals surface area contributed by atoms with Crippen molar-refractivity contribution < 1.29 is 4.79 Å². The van der Waals surface area contributed by atoms with Gasteiger partial charge in [-0.3, -0.25) is 9.78 Å². The van der Waals surface area contributed by atoms with Crippen molar-refractivity contribution in [2.45, 2.75) is 70.9 Å². The Labute approximate surface area is 213 Å². The number of carbonyl (C=O) groups excluding carboxylic acids is 1. The van der Waals surface area contributed by atoms with E-state index < -0.39 is 0 Å². The SMILES string of the molecule is CC(C)(C)c1cc(Nc2cc(Nc3ccc4c(c3)CCNC4(C)C)ncc2C(=O)NC2CC2)ccn1. The first-order valence-corrected chi connectivity index (χ1v) is 12.8. The lowest BCUT2D eigenvalue weighted by Gasteiger charge is -2.34. The number of pyridine rings is 2. The van der Waals surface area contributed by atoms with Crippen LogP contribution in [0.5, 0.6) is 0 Å². The second kappa shape index (κ2) is 9.21. The van der Waals surface area contributed by atoms with Crippen LogP contribution in [-0.2, 0) is 17.4 Å². The molecule has 0 radical (unpaired) electrons. The Morgan fingerprint density at radius 2 is 1.81 bits per heavy atom. The molecule has 0 unspecified atom stereocenters. The van der Waals surface area contributed by atoms with Crippen LogP contribution in [0.25, 0.3) is 0 Å². The van der Waals surface area contributed by atoms with Crippen LogP contribution >= 0.6 is 0 Å². The maximum atomic E-state index is 13.0. The van der Waals surface area contributed by atoms with Gasteiger partial charge in [0.1, 0.15) is 5.82 Å². The van der Waals surface area contributed by atoms with Crippen molar-refractivity contribution >= 4 is 28.8 Å². The van der Waals surface area contributed by atoms with E-state index in [0.29, 0.717) is 17.1 Å². The molecule has 0 atom stereocenters. The fourth-order valence-corrected chi connectivity index (χ4v) is 4.61. The zero-order valence-electron chi connectivity index (χ0n) is 21.8. The number of nitrogens with one attached hydrogen (secondary N) is 4. The molecule has 5 rings (SSSR count). The summed E-state index contributed by atoms with van der Waals surface area (Å²) in [6.07, 6.45) is 6.51. The molecule has 2 aromatic heterocycles. The van der Waals surface area contributed by atoms with Crippen molar-refractivity contribution in [1.82, 2.24) is 20.6 Å². The minimum Gasteiger partial charge on any atom is -0.355 e. The Morgan fingerprint density at radius 3 is 2.56 bits per heavy atom. The predicted octanol–water partition coefficient (Wildman–Crippen LogP) is 5.53. The lowest BCUT2D eigenvalue weighted by atomic mass is 9.85. The zero-order valence-corrected chi connectivity index (χ0v) is 21.8. The van der Waals surface area contributed by atoms with E-state index in [0.717, 1.165) is 42.9 Å². The maximum absolute atomic E-state index is 13.0. The molecule has 2 aliphatic rings. The molecule has 0 spiro atoms. The molecule has 3 aromatic rings. The van der Waals surface area contributed by atoms with E-state index in [2.05, 4.69) is 84.1 Å². The first-order valence-electron chi connectivity index (χ1n) is 12.8. The number of carbonyl (C=O) groups is 1. The van der Waals surface area contributed by atoms with Crippen LogP contribution in [0, 0.1) is 0 Å². The highest BCUT2D eigenvalue weighted by Gasteiger charge is 2.27. The minimum absolute atomic E-state index is 0.0333. The number of fused-ring (bicyclic) bond motifs is 1. The Bertz CT molecular complexity index is 1290. The minimum atomic E-state index is -0.104. The summed E-state index contributed by atoms with van der Waals surface area (Å²) in [5.74, 6) is 0.575. The van der Waals surface area contributed by atoms with Crippen molar-refractivity contribution in [3.05, 3.63) is 71.2 Å². The topological polar surface area (TPSA) is 91.0 Å². The van der Waals surface area contributed by atoms with E-state index in [1.807, 2.05) is 18.2 Å². The lowest BCUT2D eigenvalue weighted by Crippen LogP contribution is -2.42. The number of rotatable bonds is 6. The van der Waals surface area contributed by atoms with E-state index in [-0.39, 0.29) is 22.9 Å². The second-order valence-electron chi connectivity index (χ2n) is 11.5. The Hall–Kier alpha value is -3.45. The van der Waals surface area contributed by atoms with Gasteiger partial charge in [-0.2, -0.15) is 0 Å². The number of hydrogen-bond acceptors (Lipinski definition) is 6. The predicted molar refractivity (Wildman–Crippen MR) is 145 cm³/mol. The molecule has 36 heavy (non-hydrogen) atoms. The number of aromatic nitrogens is 2. The molecule has 1 saturated carbocycles. The molecule has 0 saturated heterocycles. The van der Waals surface area contributed by atoms with Crippen molar-refractivity contribution in [3.8, 4) is 0 Å². The van der Waals surface area contributed by atoms with E-state index in [1.165, 1.54) is 11.1 Å². The van der Waals surface area contributed by atoms with Gasteiger partial charge in [-0.1, -0.05) is 26.8 Å². The van der Waals surface area contributed by atoms with Crippen LogP contribution in [0.15, 0.2) is 48.8 Å². The summed E-state index contributed by atoms with van der Waals surface area (Å²) in [7, 11) is 0. The van der Waals surface area contributed by atoms with Gasteiger partial charge in [0, 0.05) is 52.5 Å². The molecule has 3 heterocycles. The van der Waals surface area contributed by atoms with E-state index in [4.69, 9.17) is 0 Å². The Kier molecular flexibility index (Phi) is 6.20. The summed E-state index contributed by atoms with van der Waals surface area (Å²) in [4.78, 5) is 22.1. The number of nitrogens with zero attached hydrogens (tertiary/aromatic N) is 2. The van der Waals surface area contributed by atoms with Crippen molar-refractivity contribution in [3.63, 3.8) is 0 Å². The van der Waals surface area contributed by atoms with Gasteiger partial charge in [-0.25, -0.2) is 4.98 Å². The summed E-state index contributed by atoms with van der Waals surface area (Å²) in [6.45, 7) is 11.8. The summed E-state index contributed by atoms with van der Waals surface area (Å²) in [5, 5.41) is 13.6. The van der Waals surface area contributed by atoms with Gasteiger partial charge < -0.3 is 21.3 Å². The summed E-state index contributed by atoms with van der Waals surface area (Å²) < 4.78 is 0. The van der Waals surface area contributed by atoms with Gasteiger partial charge >= 0.3 is 0 Å². The molecule has 1 aliphatic heterocycles. The molecule has 1 aliphatic carbocycles. The van der Waals surface area contributed by atoms with Crippen LogP contribution in [0.2, 0.25) is 0 Å². The quantitative estimate of drug-likeness (QED) is 0.368. The first-order chi connectivity index (χ1) is 17.1. The van der Waals surface area contributed by atoms with Crippen molar-refractivity contribution in [2.75, 3.05) is 17.2 Å². The molecule has 7 heteroatoms. The van der Waals surface area contributed by atoms with Crippen molar-refractivity contribution in [1.29, 1.82) is 0 Å². The van der Waals surface area contributed by atoms with E-state index in [9.17, 15) is 4.79 Å². The zero-order chi connectivity index (χ0) is 25.5. The lowest BCUT2D eigenvalue weighted by molar-refractivity contribution is 0.0951. The van der Waals surface area contributed by atoms with Crippen molar-refractivity contribution in [2.24, 2.45) is 0 Å². The monoisotopic (exact) mass is 484 g/mol. The van der Waals surface area contributed by atoms with Crippen LogP contribution in [0.4, 0.5) is 22.9 Å². The second-order valence-corrected chi connectivity index (χ2v) is 11.5. The van der Waals surface area contributed by atoms with Crippen LogP contribution in [0.1, 0.15) is 74.6 Å². The molecule has 1 fully saturated rings. The highest BCUT2D eigenvalue weighted by molar-refractivity contribution is 6.00. The van der Waals surface area contributed by atoms with Crippen LogP contribution in [-0.4, -0.2) is 28.5 Å². The van der Waals surface area contributed by atoms with E-state index >= 15 is 0 Å². The van der Waals surface area contributed by atoms with E-state index in [1.54, 1.807) is 12.4 Å². The van der Waals surface area contributed by atoms with Gasteiger partial charge in [-0.05, 0) is 75.0 Å². The number of benzene rings is 1. The highest BCUT2D eigenvalue weighted by atomic mass is 16.1. The molecule has 4 N–H and O–H groups in total. The molecule has 1 aromatic carbocycles. The van der Waals surface area contributed by atoms with Gasteiger partial charge in [0.2, 0.25) is 0 Å². The molecular weight excluding hydrogens is 448 g/mol. The molecule has 7 nitrogen and oxygen atoms in total. The molecule has 0 bridgehead atoms. The highest BCUT2D eigenvalue weighted by Crippen LogP contribution is 2.32.